The van der Waals surface area contributed by atoms with Crippen molar-refractivity contribution in [3.63, 3.8) is 0 Å². The number of carboxylic acid groups (broad SMARTS) is 1. The van der Waals surface area contributed by atoms with Gasteiger partial charge in [0.1, 0.15) is 15.6 Å². The molecule has 2 atom stereocenters. The lowest BCUT2D eigenvalue weighted by Gasteiger charge is -2.16. The van der Waals surface area contributed by atoms with E-state index >= 15 is 0 Å². The van der Waals surface area contributed by atoms with Gasteiger partial charge in [0.2, 0.25) is 0 Å². The van der Waals surface area contributed by atoms with Crippen molar-refractivity contribution in [1.29, 1.82) is 0 Å². The number of aryl methyl sites for hydroxylation is 1. The second-order valence-electron chi connectivity index (χ2n) is 10.4. The monoisotopic (exact) mass is 535 g/mol. The molecule has 0 spiro atoms. The van der Waals surface area contributed by atoms with E-state index in [1.807, 2.05) is 36.4 Å². The SMILES string of the molecule is Cc1cc(OCCCS(C)(=O)=O)cc2c1-c1cc(CNc3ccc(C4CC4C(=O)O)cc3)ccc1COC2. The van der Waals surface area contributed by atoms with E-state index in [1.165, 1.54) is 6.26 Å². The summed E-state index contributed by atoms with van der Waals surface area (Å²) in [6.45, 7) is 4.08. The fraction of sp³-hybridized carbons (Fsp3) is 0.367. The molecule has 8 heteroatoms. The van der Waals surface area contributed by atoms with Gasteiger partial charge in [0.05, 0.1) is 31.5 Å². The third kappa shape index (κ3) is 6.19. The number of aliphatic carboxylic acids is 1. The number of anilines is 1. The maximum absolute atomic E-state index is 11.4. The summed E-state index contributed by atoms with van der Waals surface area (Å²) in [5.74, 6) is 0.0151. The molecule has 1 aliphatic carbocycles. The van der Waals surface area contributed by atoms with Crippen LogP contribution in [-0.2, 0) is 39.1 Å². The van der Waals surface area contributed by atoms with E-state index < -0.39 is 15.8 Å². The van der Waals surface area contributed by atoms with Gasteiger partial charge in [-0.15, -0.1) is 0 Å². The molecule has 200 valence electrons. The number of rotatable bonds is 10. The second-order valence-corrected chi connectivity index (χ2v) is 12.6. The first-order valence-electron chi connectivity index (χ1n) is 12.9. The number of benzene rings is 3. The van der Waals surface area contributed by atoms with Crippen LogP contribution in [0.1, 0.15) is 46.6 Å². The summed E-state index contributed by atoms with van der Waals surface area (Å²) in [7, 11) is -3.00. The lowest BCUT2D eigenvalue weighted by Crippen LogP contribution is -2.08. The van der Waals surface area contributed by atoms with Crippen LogP contribution in [0.4, 0.5) is 5.69 Å². The first-order valence-corrected chi connectivity index (χ1v) is 14.9. The van der Waals surface area contributed by atoms with Gasteiger partial charge in [-0.2, -0.15) is 0 Å². The third-order valence-corrected chi connectivity index (χ3v) is 8.25. The van der Waals surface area contributed by atoms with E-state index in [0.29, 0.717) is 32.8 Å². The molecular formula is C30H33NO6S. The predicted octanol–water partition coefficient (Wildman–Crippen LogP) is 5.31. The first kappa shape index (κ1) is 26.3. The molecule has 3 aromatic rings. The van der Waals surface area contributed by atoms with Crippen molar-refractivity contribution < 1.29 is 27.8 Å². The van der Waals surface area contributed by atoms with Gasteiger partial charge in [0, 0.05) is 18.5 Å². The molecule has 2 aliphatic rings. The van der Waals surface area contributed by atoms with Crippen molar-refractivity contribution in [2.45, 2.75) is 45.4 Å². The zero-order chi connectivity index (χ0) is 26.9. The number of nitrogens with one attached hydrogen (secondary N) is 1. The minimum Gasteiger partial charge on any atom is -0.494 e. The van der Waals surface area contributed by atoms with Gasteiger partial charge in [-0.25, -0.2) is 8.42 Å². The molecular weight excluding hydrogens is 502 g/mol. The topological polar surface area (TPSA) is 102 Å². The Labute approximate surface area is 223 Å². The lowest BCUT2D eigenvalue weighted by molar-refractivity contribution is -0.138. The fourth-order valence-corrected chi connectivity index (χ4v) is 5.81. The first-order chi connectivity index (χ1) is 18.2. The summed E-state index contributed by atoms with van der Waals surface area (Å²) in [6.07, 6.45) is 2.41. The van der Waals surface area contributed by atoms with Gasteiger partial charge in [0.15, 0.2) is 0 Å². The number of sulfone groups is 1. The number of carboxylic acids is 1. The molecule has 0 amide bonds. The van der Waals surface area contributed by atoms with Gasteiger partial charge < -0.3 is 19.9 Å². The van der Waals surface area contributed by atoms with Crippen LogP contribution in [0, 0.1) is 12.8 Å². The maximum atomic E-state index is 11.4. The Balaban J connectivity index is 1.28. The average molecular weight is 536 g/mol. The lowest BCUT2D eigenvalue weighted by atomic mass is 9.91. The summed E-state index contributed by atoms with van der Waals surface area (Å²) in [5, 5.41) is 12.6. The zero-order valence-corrected chi connectivity index (χ0v) is 22.5. The molecule has 0 radical (unpaired) electrons. The molecule has 1 saturated carbocycles. The summed E-state index contributed by atoms with van der Waals surface area (Å²) >= 11 is 0. The largest absolute Gasteiger partial charge is 0.494 e. The molecule has 2 unspecified atom stereocenters. The van der Waals surface area contributed by atoms with Gasteiger partial charge in [-0.3, -0.25) is 4.79 Å². The highest BCUT2D eigenvalue weighted by Gasteiger charge is 2.44. The minimum absolute atomic E-state index is 0.111. The van der Waals surface area contributed by atoms with Crippen LogP contribution in [0.25, 0.3) is 11.1 Å². The molecule has 3 aromatic carbocycles. The molecule has 1 fully saturated rings. The molecule has 5 rings (SSSR count). The van der Waals surface area contributed by atoms with E-state index in [0.717, 1.165) is 56.8 Å². The third-order valence-electron chi connectivity index (χ3n) is 7.22. The van der Waals surface area contributed by atoms with E-state index in [-0.39, 0.29) is 17.6 Å². The number of fused-ring (bicyclic) bond motifs is 3. The molecule has 7 nitrogen and oxygen atoms in total. The van der Waals surface area contributed by atoms with Crippen LogP contribution in [-0.4, -0.2) is 38.1 Å². The Kier molecular flexibility index (Phi) is 7.45. The number of hydrogen-bond donors (Lipinski definition) is 2. The van der Waals surface area contributed by atoms with Crippen LogP contribution < -0.4 is 10.1 Å². The molecule has 2 N–H and O–H groups in total. The Morgan fingerprint density at radius 1 is 1.08 bits per heavy atom. The summed E-state index contributed by atoms with van der Waals surface area (Å²) < 4.78 is 34.6. The van der Waals surface area contributed by atoms with Crippen LogP contribution in [0.3, 0.4) is 0 Å². The number of carbonyl (C=O) groups is 1. The highest BCUT2D eigenvalue weighted by molar-refractivity contribution is 7.90. The molecule has 1 heterocycles. The Bertz CT molecular complexity index is 1450. The van der Waals surface area contributed by atoms with Gasteiger partial charge in [-0.1, -0.05) is 24.3 Å². The van der Waals surface area contributed by atoms with Crippen molar-refractivity contribution in [1.82, 2.24) is 0 Å². The highest BCUT2D eigenvalue weighted by atomic mass is 32.2. The van der Waals surface area contributed by atoms with Crippen molar-refractivity contribution >= 4 is 21.5 Å². The van der Waals surface area contributed by atoms with Crippen LogP contribution in [0.2, 0.25) is 0 Å². The van der Waals surface area contributed by atoms with Crippen molar-refractivity contribution in [3.05, 3.63) is 82.4 Å². The summed E-state index contributed by atoms with van der Waals surface area (Å²) in [4.78, 5) is 11.1. The summed E-state index contributed by atoms with van der Waals surface area (Å²) in [6, 6.07) is 18.5. The van der Waals surface area contributed by atoms with Crippen LogP contribution in [0.15, 0.2) is 54.6 Å². The quantitative estimate of drug-likeness (QED) is 0.340. The Morgan fingerprint density at radius 2 is 1.84 bits per heavy atom. The van der Waals surface area contributed by atoms with Crippen molar-refractivity contribution in [3.8, 4) is 16.9 Å². The molecule has 0 bridgehead atoms. The normalized spacial score (nSPS) is 18.2. The predicted molar refractivity (Wildman–Crippen MR) is 147 cm³/mol. The second kappa shape index (κ2) is 10.8. The molecule has 38 heavy (non-hydrogen) atoms. The molecule has 1 aliphatic heterocycles. The Hall–Kier alpha value is -3.36. The van der Waals surface area contributed by atoms with Crippen molar-refractivity contribution in [2.75, 3.05) is 23.9 Å². The van der Waals surface area contributed by atoms with Gasteiger partial charge in [-0.05, 0) is 95.0 Å². The van der Waals surface area contributed by atoms with Crippen LogP contribution in [0.5, 0.6) is 5.75 Å². The fourth-order valence-electron chi connectivity index (χ4n) is 5.17. The Morgan fingerprint density at radius 3 is 2.55 bits per heavy atom. The zero-order valence-electron chi connectivity index (χ0n) is 21.7. The number of ether oxygens (including phenoxy) is 2. The summed E-state index contributed by atoms with van der Waals surface area (Å²) in [5.41, 5.74) is 8.82. The number of hydrogen-bond acceptors (Lipinski definition) is 6. The standard InChI is InChI=1S/C30H33NO6S/c1-19-12-25(37-10-3-11-38(2,34)35)14-23-18-36-17-22-5-4-20(13-27(22)29(19)23)16-31-24-8-6-21(7-9-24)26-15-28(26)30(32)33/h4-9,12-14,26,28,31H,3,10-11,15-18H2,1-2H3,(H,32,33). The van der Waals surface area contributed by atoms with Crippen molar-refractivity contribution in [2.24, 2.45) is 5.92 Å². The van der Waals surface area contributed by atoms with Gasteiger partial charge >= 0.3 is 5.97 Å². The average Bonchev–Trinajstić information content (AvgIpc) is 3.69. The molecule has 0 saturated heterocycles. The van der Waals surface area contributed by atoms with Gasteiger partial charge in [0.25, 0.3) is 0 Å². The van der Waals surface area contributed by atoms with E-state index in [9.17, 15) is 13.2 Å². The maximum Gasteiger partial charge on any atom is 0.307 e. The van der Waals surface area contributed by atoms with E-state index in [4.69, 9.17) is 14.6 Å². The minimum atomic E-state index is -3.00. The van der Waals surface area contributed by atoms with E-state index in [2.05, 4.69) is 30.4 Å². The highest BCUT2D eigenvalue weighted by Crippen LogP contribution is 2.47. The van der Waals surface area contributed by atoms with Crippen LogP contribution >= 0.6 is 0 Å². The molecule has 0 aromatic heterocycles. The van der Waals surface area contributed by atoms with E-state index in [1.54, 1.807) is 0 Å². The smallest absolute Gasteiger partial charge is 0.307 e.